The quantitative estimate of drug-likeness (QED) is 0.793. The van der Waals surface area contributed by atoms with Crippen LogP contribution in [0.1, 0.15) is 47.6 Å². The van der Waals surface area contributed by atoms with E-state index < -0.39 is 18.1 Å². The fourth-order valence-corrected chi connectivity index (χ4v) is 2.64. The first kappa shape index (κ1) is 16.0. The van der Waals surface area contributed by atoms with Gasteiger partial charge in [0, 0.05) is 0 Å². The number of hydrogen-bond acceptors (Lipinski definition) is 3. The largest absolute Gasteiger partial charge is 0.478 e. The van der Waals surface area contributed by atoms with Crippen molar-refractivity contribution >= 4 is 18.4 Å². The number of aromatic carboxylic acids is 1. The van der Waals surface area contributed by atoms with Crippen LogP contribution in [-0.4, -0.2) is 22.3 Å². The van der Waals surface area contributed by atoms with Gasteiger partial charge in [0.15, 0.2) is 0 Å². The van der Waals surface area contributed by atoms with Crippen LogP contribution in [-0.2, 0) is 0 Å². The van der Waals surface area contributed by atoms with Crippen molar-refractivity contribution in [1.29, 1.82) is 0 Å². The van der Waals surface area contributed by atoms with Crippen LogP contribution in [0.15, 0.2) is 24.3 Å². The molecule has 1 aromatic carbocycles. The third-order valence-corrected chi connectivity index (χ3v) is 3.79. The molecule has 4 N–H and O–H groups in total. The van der Waals surface area contributed by atoms with E-state index in [0.29, 0.717) is 0 Å². The van der Waals surface area contributed by atoms with E-state index in [1.165, 1.54) is 12.1 Å². The third-order valence-electron chi connectivity index (χ3n) is 3.79. The fourth-order valence-electron chi connectivity index (χ4n) is 2.64. The summed E-state index contributed by atoms with van der Waals surface area (Å²) >= 11 is 0. The highest BCUT2D eigenvalue weighted by Crippen LogP contribution is 2.32. The monoisotopic (exact) mass is 285 g/mol. The SMILES string of the molecule is Cl.N[C@@H](c1ccc(C(=O)O)cc1)[C@H](O)C1CCCC1. The molecule has 106 valence electrons. The van der Waals surface area contributed by atoms with Gasteiger partial charge < -0.3 is 15.9 Å². The van der Waals surface area contributed by atoms with E-state index in [2.05, 4.69) is 0 Å². The van der Waals surface area contributed by atoms with Crippen molar-refractivity contribution in [1.82, 2.24) is 0 Å². The Hall–Kier alpha value is -1.10. The van der Waals surface area contributed by atoms with E-state index in [1.807, 2.05) is 0 Å². The van der Waals surface area contributed by atoms with E-state index in [0.717, 1.165) is 31.2 Å². The summed E-state index contributed by atoms with van der Waals surface area (Å²) in [6.07, 6.45) is 3.84. The normalized spacial score (nSPS) is 18.6. The van der Waals surface area contributed by atoms with Gasteiger partial charge in [-0.25, -0.2) is 4.79 Å². The average Bonchev–Trinajstić information content (AvgIpc) is 2.91. The molecule has 0 amide bonds. The summed E-state index contributed by atoms with van der Waals surface area (Å²) in [6, 6.07) is 5.99. The topological polar surface area (TPSA) is 83.6 Å². The van der Waals surface area contributed by atoms with Gasteiger partial charge in [0.2, 0.25) is 0 Å². The van der Waals surface area contributed by atoms with Crippen molar-refractivity contribution in [3.63, 3.8) is 0 Å². The number of rotatable bonds is 4. The van der Waals surface area contributed by atoms with Crippen LogP contribution >= 0.6 is 12.4 Å². The Kier molecular flexibility index (Phi) is 5.79. The number of carboxylic acids is 1. The highest BCUT2D eigenvalue weighted by molar-refractivity contribution is 5.87. The number of benzene rings is 1. The summed E-state index contributed by atoms with van der Waals surface area (Å²) in [5, 5.41) is 19.0. The summed E-state index contributed by atoms with van der Waals surface area (Å²) in [5.41, 5.74) is 7.08. The third kappa shape index (κ3) is 3.69. The van der Waals surface area contributed by atoms with E-state index in [9.17, 15) is 9.90 Å². The average molecular weight is 286 g/mol. The van der Waals surface area contributed by atoms with Crippen molar-refractivity contribution in [3.05, 3.63) is 35.4 Å². The van der Waals surface area contributed by atoms with Crippen LogP contribution in [0.2, 0.25) is 0 Å². The Bertz CT molecular complexity index is 415. The van der Waals surface area contributed by atoms with Crippen molar-refractivity contribution in [3.8, 4) is 0 Å². The second-order valence-electron chi connectivity index (χ2n) is 4.99. The van der Waals surface area contributed by atoms with Crippen molar-refractivity contribution in [2.45, 2.75) is 37.8 Å². The van der Waals surface area contributed by atoms with Crippen LogP contribution in [0.4, 0.5) is 0 Å². The summed E-state index contributed by atoms with van der Waals surface area (Å²) in [6.45, 7) is 0. The summed E-state index contributed by atoms with van der Waals surface area (Å²) in [4.78, 5) is 10.7. The van der Waals surface area contributed by atoms with Gasteiger partial charge in [-0.05, 0) is 36.5 Å². The Morgan fingerprint density at radius 3 is 2.21 bits per heavy atom. The molecule has 0 heterocycles. The van der Waals surface area contributed by atoms with E-state index in [-0.39, 0.29) is 23.9 Å². The number of carboxylic acid groups (broad SMARTS) is 1. The first-order valence-electron chi connectivity index (χ1n) is 6.36. The Labute approximate surface area is 119 Å². The van der Waals surface area contributed by atoms with Gasteiger partial charge in [0.1, 0.15) is 0 Å². The minimum Gasteiger partial charge on any atom is -0.478 e. The van der Waals surface area contributed by atoms with E-state index in [4.69, 9.17) is 10.8 Å². The number of aliphatic hydroxyl groups is 1. The number of nitrogens with two attached hydrogens (primary N) is 1. The molecular formula is C14H20ClNO3. The predicted octanol–water partition coefficient (Wildman–Crippen LogP) is 2.36. The van der Waals surface area contributed by atoms with Crippen molar-refractivity contribution in [2.75, 3.05) is 0 Å². The van der Waals surface area contributed by atoms with Gasteiger partial charge in [-0.15, -0.1) is 12.4 Å². The Balaban J connectivity index is 0.00000180. The highest BCUT2D eigenvalue weighted by atomic mass is 35.5. The number of aliphatic hydroxyl groups excluding tert-OH is 1. The standard InChI is InChI=1S/C14H19NO3.ClH/c15-12(13(16)10-3-1-2-4-10)9-5-7-11(8-6-9)14(17)18;/h5-8,10,12-13,16H,1-4,15H2,(H,17,18);1H/t12-,13+;/m0./s1. The zero-order valence-electron chi connectivity index (χ0n) is 10.7. The van der Waals surface area contributed by atoms with Crippen molar-refractivity contribution < 1.29 is 15.0 Å². The molecule has 0 aromatic heterocycles. The molecular weight excluding hydrogens is 266 g/mol. The number of hydrogen-bond donors (Lipinski definition) is 3. The van der Waals surface area contributed by atoms with E-state index >= 15 is 0 Å². The maximum atomic E-state index is 10.7. The molecule has 0 saturated heterocycles. The molecule has 1 saturated carbocycles. The van der Waals surface area contributed by atoms with Crippen molar-refractivity contribution in [2.24, 2.45) is 11.7 Å². The fraction of sp³-hybridized carbons (Fsp3) is 0.500. The minimum atomic E-state index is -0.952. The summed E-state index contributed by atoms with van der Waals surface area (Å²) < 4.78 is 0. The van der Waals surface area contributed by atoms with Gasteiger partial charge in [-0.1, -0.05) is 25.0 Å². The molecule has 4 nitrogen and oxygen atoms in total. The lowest BCUT2D eigenvalue weighted by Gasteiger charge is -2.24. The van der Waals surface area contributed by atoms with Gasteiger partial charge in [-0.2, -0.15) is 0 Å². The first-order valence-corrected chi connectivity index (χ1v) is 6.36. The van der Waals surface area contributed by atoms with Gasteiger partial charge in [0.05, 0.1) is 17.7 Å². The molecule has 1 fully saturated rings. The molecule has 19 heavy (non-hydrogen) atoms. The highest BCUT2D eigenvalue weighted by Gasteiger charge is 2.28. The molecule has 0 spiro atoms. The molecule has 5 heteroatoms. The molecule has 0 radical (unpaired) electrons. The molecule has 1 aromatic rings. The summed E-state index contributed by atoms with van der Waals surface area (Å²) in [7, 11) is 0. The lowest BCUT2D eigenvalue weighted by molar-refractivity contribution is 0.0697. The second-order valence-corrected chi connectivity index (χ2v) is 4.99. The Morgan fingerprint density at radius 1 is 1.21 bits per heavy atom. The second kappa shape index (κ2) is 6.89. The molecule has 0 aliphatic heterocycles. The molecule has 1 aliphatic carbocycles. The van der Waals surface area contributed by atoms with Crippen LogP contribution in [0.3, 0.4) is 0 Å². The van der Waals surface area contributed by atoms with Crippen LogP contribution in [0, 0.1) is 5.92 Å². The molecule has 2 rings (SSSR count). The molecule has 0 unspecified atom stereocenters. The van der Waals surface area contributed by atoms with Gasteiger partial charge in [0.25, 0.3) is 0 Å². The van der Waals surface area contributed by atoms with E-state index in [1.54, 1.807) is 12.1 Å². The Morgan fingerprint density at radius 2 is 1.74 bits per heavy atom. The van der Waals surface area contributed by atoms with Crippen LogP contribution in [0.25, 0.3) is 0 Å². The zero-order valence-corrected chi connectivity index (χ0v) is 11.5. The zero-order chi connectivity index (χ0) is 13.1. The maximum absolute atomic E-state index is 10.7. The summed E-state index contributed by atoms with van der Waals surface area (Å²) in [5.74, 6) is -0.675. The maximum Gasteiger partial charge on any atom is 0.335 e. The van der Waals surface area contributed by atoms with Crippen LogP contribution in [0.5, 0.6) is 0 Å². The van der Waals surface area contributed by atoms with Gasteiger partial charge in [-0.3, -0.25) is 0 Å². The number of carbonyl (C=O) groups is 1. The van der Waals surface area contributed by atoms with Gasteiger partial charge >= 0.3 is 5.97 Å². The minimum absolute atomic E-state index is 0. The smallest absolute Gasteiger partial charge is 0.335 e. The van der Waals surface area contributed by atoms with Crippen LogP contribution < -0.4 is 5.73 Å². The lowest BCUT2D eigenvalue weighted by Crippen LogP contribution is -2.31. The predicted molar refractivity (Wildman–Crippen MR) is 75.5 cm³/mol. The molecule has 1 aliphatic rings. The first-order chi connectivity index (χ1) is 8.59. The lowest BCUT2D eigenvalue weighted by atomic mass is 9.90. The molecule has 2 atom stereocenters. The molecule has 0 bridgehead atoms. The number of halogens is 1.